The summed E-state index contributed by atoms with van der Waals surface area (Å²) in [6, 6.07) is 15.9. The van der Waals surface area contributed by atoms with Crippen LogP contribution in [0, 0.1) is 0 Å². The fourth-order valence-electron chi connectivity index (χ4n) is 3.62. The second-order valence-electron chi connectivity index (χ2n) is 6.08. The fraction of sp³-hybridized carbons (Fsp3) is 0.200. The summed E-state index contributed by atoms with van der Waals surface area (Å²) in [5.74, 6) is 0. The predicted octanol–water partition coefficient (Wildman–Crippen LogP) is 4.48. The molecule has 0 saturated heterocycles. The van der Waals surface area contributed by atoms with Crippen LogP contribution in [0.15, 0.2) is 66.3 Å². The minimum atomic E-state index is -1.52. The monoisotopic (exact) mass is 379 g/mol. The molecule has 0 amide bonds. The Morgan fingerprint density at radius 2 is 1.86 bits per heavy atom. The fourth-order valence-corrected chi connectivity index (χ4v) is 10.0. The van der Waals surface area contributed by atoms with Crippen molar-refractivity contribution < 1.29 is 0 Å². The molecular weight excluding hydrogens is 359 g/mol. The second-order valence-corrected chi connectivity index (χ2v) is 13.1. The van der Waals surface area contributed by atoms with Crippen molar-refractivity contribution >= 4 is 23.3 Å². The van der Waals surface area contributed by atoms with Crippen LogP contribution in [0.5, 0.6) is 0 Å². The van der Waals surface area contributed by atoms with E-state index in [4.69, 9.17) is 0 Å². The van der Waals surface area contributed by atoms with Crippen molar-refractivity contribution in [3.63, 3.8) is 0 Å². The van der Waals surface area contributed by atoms with E-state index in [0.717, 1.165) is 6.42 Å². The van der Waals surface area contributed by atoms with E-state index in [1.165, 1.54) is 27.5 Å². The molecule has 2 aliphatic carbocycles. The summed E-state index contributed by atoms with van der Waals surface area (Å²) in [5, 5.41) is 0. The zero-order chi connectivity index (χ0) is 14.2. The van der Waals surface area contributed by atoms with Crippen LogP contribution in [0.3, 0.4) is 0 Å². The van der Waals surface area contributed by atoms with Crippen LogP contribution in [-0.4, -0.2) is 19.8 Å². The zero-order valence-electron chi connectivity index (χ0n) is 12.4. The predicted molar refractivity (Wildman–Crippen MR) is 92.6 cm³/mol. The molecule has 0 unspecified atom stereocenters. The Kier molecular flexibility index (Phi) is 3.50. The van der Waals surface area contributed by atoms with E-state index in [-0.39, 0.29) is 0 Å². The first-order chi connectivity index (χ1) is 10.3. The average Bonchev–Trinajstić information content (AvgIpc) is 3.13. The van der Waals surface area contributed by atoms with Gasteiger partial charge in [-0.2, -0.15) is 0 Å². The van der Waals surface area contributed by atoms with Crippen LogP contribution in [-0.2, 0) is 6.42 Å². The number of benzene rings is 2. The van der Waals surface area contributed by atoms with Gasteiger partial charge in [0.15, 0.2) is 0 Å². The first kappa shape index (κ1) is 13.4. The maximum atomic E-state index is 2.57. The van der Waals surface area contributed by atoms with Gasteiger partial charge in [-0.25, -0.2) is 0 Å². The van der Waals surface area contributed by atoms with Crippen molar-refractivity contribution in [2.24, 2.45) is 0 Å². The summed E-state index contributed by atoms with van der Waals surface area (Å²) in [4.78, 5) is 2.57. The van der Waals surface area contributed by atoms with Gasteiger partial charge >= 0.3 is 134 Å². The molecule has 0 spiro atoms. The van der Waals surface area contributed by atoms with E-state index in [1.807, 2.05) is 0 Å². The molecule has 1 radical (unpaired) electrons. The van der Waals surface area contributed by atoms with Crippen LogP contribution in [0.4, 0.5) is 0 Å². The second kappa shape index (κ2) is 5.49. The Bertz CT molecular complexity index is 752. The number of rotatable bonds is 3. The molecule has 103 valence electrons. The standard InChI is InChI=1S/C13H9.C6H7.CH3.Sn/c1-3-7-12-10(5-1)9-11-6-2-4-8-13(11)12;1-6-4-2-3-5-6;;/h1-5,7-8H,9H2;2-4H,1,5H2;1H3;. The van der Waals surface area contributed by atoms with Gasteiger partial charge in [-0.15, -0.1) is 0 Å². The van der Waals surface area contributed by atoms with Gasteiger partial charge in [0, 0.05) is 0 Å². The molecular formula is C20H19Sn. The summed E-state index contributed by atoms with van der Waals surface area (Å²) in [6.07, 6.45) is 9.18. The molecule has 0 atom stereocenters. The van der Waals surface area contributed by atoms with Crippen molar-refractivity contribution in [3.05, 3.63) is 77.4 Å². The number of fused-ring (bicyclic) bond motifs is 3. The van der Waals surface area contributed by atoms with Crippen molar-refractivity contribution in [2.75, 3.05) is 0 Å². The van der Waals surface area contributed by atoms with Gasteiger partial charge < -0.3 is 0 Å². The Labute approximate surface area is 133 Å². The van der Waals surface area contributed by atoms with E-state index >= 15 is 0 Å². The Morgan fingerprint density at radius 1 is 1.00 bits per heavy atom. The van der Waals surface area contributed by atoms with E-state index in [0.29, 0.717) is 0 Å². The van der Waals surface area contributed by atoms with Gasteiger partial charge in [-0.1, -0.05) is 0 Å². The summed E-state index contributed by atoms with van der Waals surface area (Å²) in [6.45, 7) is 0. The van der Waals surface area contributed by atoms with Crippen LogP contribution >= 0.6 is 0 Å². The summed E-state index contributed by atoms with van der Waals surface area (Å²) < 4.78 is 3.11. The average molecular weight is 378 g/mol. The first-order valence-corrected chi connectivity index (χ1v) is 14.0. The third-order valence-electron chi connectivity index (χ3n) is 4.65. The molecule has 0 saturated carbocycles. The molecule has 0 heterocycles. The minimum absolute atomic E-state index is 1.15. The molecule has 2 aliphatic rings. The topological polar surface area (TPSA) is 0 Å². The molecule has 0 nitrogen and oxygen atoms in total. The Hall–Kier alpha value is -1.28. The molecule has 2 aromatic carbocycles. The number of hydrogen-bond donors (Lipinski definition) is 0. The Morgan fingerprint density at radius 3 is 2.71 bits per heavy atom. The summed E-state index contributed by atoms with van der Waals surface area (Å²) in [5.41, 5.74) is 7.77. The molecule has 0 aromatic heterocycles. The molecule has 21 heavy (non-hydrogen) atoms. The molecule has 2 aromatic rings. The van der Waals surface area contributed by atoms with Crippen molar-refractivity contribution in [3.8, 4) is 11.1 Å². The first-order valence-electron chi connectivity index (χ1n) is 7.70. The van der Waals surface area contributed by atoms with Crippen molar-refractivity contribution in [1.82, 2.24) is 0 Å². The third kappa shape index (κ3) is 2.40. The van der Waals surface area contributed by atoms with Gasteiger partial charge in [0.2, 0.25) is 0 Å². The number of allylic oxidation sites excluding steroid dienone is 4. The molecule has 0 aliphatic heterocycles. The van der Waals surface area contributed by atoms with Gasteiger partial charge in [-0.3, -0.25) is 0 Å². The number of hydrogen-bond acceptors (Lipinski definition) is 0. The van der Waals surface area contributed by atoms with Crippen LogP contribution < -0.4 is 3.58 Å². The summed E-state index contributed by atoms with van der Waals surface area (Å²) in [7, 11) is 0. The van der Waals surface area contributed by atoms with Crippen molar-refractivity contribution in [2.45, 2.75) is 22.2 Å². The van der Waals surface area contributed by atoms with E-state index < -0.39 is 19.8 Å². The van der Waals surface area contributed by atoms with Gasteiger partial charge in [0.25, 0.3) is 0 Å². The SMILES string of the molecule is [CH3][Sn]([CH2]C1=CC=CC1)[c]1cccc2c1Cc1ccccc1-2. The van der Waals surface area contributed by atoms with Crippen LogP contribution in [0.1, 0.15) is 17.5 Å². The quantitative estimate of drug-likeness (QED) is 0.590. The Balaban J connectivity index is 1.69. The van der Waals surface area contributed by atoms with Gasteiger partial charge in [0.1, 0.15) is 0 Å². The van der Waals surface area contributed by atoms with Crippen LogP contribution in [0.2, 0.25) is 9.38 Å². The molecule has 4 rings (SSSR count). The van der Waals surface area contributed by atoms with E-state index in [1.54, 1.807) is 14.7 Å². The van der Waals surface area contributed by atoms with E-state index in [9.17, 15) is 0 Å². The molecule has 0 bridgehead atoms. The van der Waals surface area contributed by atoms with E-state index in [2.05, 4.69) is 65.6 Å². The van der Waals surface area contributed by atoms with Gasteiger partial charge in [-0.05, 0) is 0 Å². The zero-order valence-corrected chi connectivity index (χ0v) is 15.2. The normalized spacial score (nSPS) is 15.2. The molecule has 0 N–H and O–H groups in total. The van der Waals surface area contributed by atoms with Gasteiger partial charge in [0.05, 0.1) is 0 Å². The molecule has 1 heteroatoms. The third-order valence-corrected chi connectivity index (χ3v) is 11.4. The maximum absolute atomic E-state index is 2.57. The molecule has 0 fully saturated rings. The summed E-state index contributed by atoms with van der Waals surface area (Å²) >= 11 is -1.52. The van der Waals surface area contributed by atoms with Crippen molar-refractivity contribution in [1.29, 1.82) is 0 Å². The van der Waals surface area contributed by atoms with Crippen LogP contribution in [0.25, 0.3) is 11.1 Å².